The van der Waals surface area contributed by atoms with Gasteiger partial charge in [-0.05, 0) is 49.2 Å². The van der Waals surface area contributed by atoms with Crippen LogP contribution in [0, 0.1) is 0 Å². The van der Waals surface area contributed by atoms with Gasteiger partial charge in [-0.2, -0.15) is 0 Å². The summed E-state index contributed by atoms with van der Waals surface area (Å²) in [6.07, 6.45) is 6.41. The molecule has 2 aromatic rings. The molecule has 36 heavy (non-hydrogen) atoms. The monoisotopic (exact) mass is 554 g/mol. The molecule has 2 aliphatic heterocycles. The highest BCUT2D eigenvalue weighted by atomic mass is 35.6. The number of aliphatic hydroxyl groups is 1. The minimum atomic E-state index is -2.04. The number of nitrogens with zero attached hydrogens (tertiary/aromatic N) is 1. The van der Waals surface area contributed by atoms with Crippen LogP contribution in [0.3, 0.4) is 0 Å². The molecule has 2 N–H and O–H groups in total. The zero-order valence-electron chi connectivity index (χ0n) is 20.2. The van der Waals surface area contributed by atoms with Gasteiger partial charge < -0.3 is 24.8 Å². The van der Waals surface area contributed by atoms with Crippen molar-refractivity contribution in [2.45, 2.75) is 67.4 Å². The van der Waals surface area contributed by atoms with E-state index in [-0.39, 0.29) is 18.8 Å². The van der Waals surface area contributed by atoms with Gasteiger partial charge in [0.1, 0.15) is 0 Å². The first-order chi connectivity index (χ1) is 17.3. The molecule has 0 saturated carbocycles. The first kappa shape index (κ1) is 27.6. The fourth-order valence-electron chi connectivity index (χ4n) is 4.74. The van der Waals surface area contributed by atoms with E-state index in [9.17, 15) is 9.90 Å². The van der Waals surface area contributed by atoms with Crippen molar-refractivity contribution in [2.75, 3.05) is 25.0 Å². The molecule has 0 aliphatic carbocycles. The number of rotatable bonds is 6. The minimum Gasteiger partial charge on any atom is -0.392 e. The smallest absolute Gasteiger partial charge is 0.276 e. The third-order valence-corrected chi connectivity index (χ3v) is 7.24. The SMILES string of the molecule is O=C(Nc1ccc([C@H]2O[C@@H](CN3CCCCCCC3)C[C@@H](c3ccc(CO)cc3)O2)cc1)C(Cl)(Cl)Cl. The lowest BCUT2D eigenvalue weighted by molar-refractivity contribution is -0.253. The van der Waals surface area contributed by atoms with Crippen LogP contribution in [0.4, 0.5) is 5.69 Å². The predicted octanol–water partition coefficient (Wildman–Crippen LogP) is 6.30. The van der Waals surface area contributed by atoms with E-state index in [4.69, 9.17) is 44.3 Å². The molecule has 6 nitrogen and oxygen atoms in total. The topological polar surface area (TPSA) is 71.0 Å². The predicted molar refractivity (Wildman–Crippen MR) is 143 cm³/mol. The van der Waals surface area contributed by atoms with E-state index in [1.807, 2.05) is 36.4 Å². The quantitative estimate of drug-likeness (QED) is 0.409. The molecule has 0 bridgehead atoms. The Labute approximate surface area is 227 Å². The van der Waals surface area contributed by atoms with E-state index < -0.39 is 16.0 Å². The molecule has 2 aliphatic rings. The van der Waals surface area contributed by atoms with Gasteiger partial charge in [0.25, 0.3) is 9.70 Å². The van der Waals surface area contributed by atoms with Crippen molar-refractivity contribution in [3.63, 3.8) is 0 Å². The van der Waals surface area contributed by atoms with Crippen molar-refractivity contribution in [3.8, 4) is 0 Å². The number of alkyl halides is 3. The summed E-state index contributed by atoms with van der Waals surface area (Å²) in [6, 6.07) is 15.1. The lowest BCUT2D eigenvalue weighted by atomic mass is 9.99. The minimum absolute atomic E-state index is 0.00874. The third-order valence-electron chi connectivity index (χ3n) is 6.72. The number of benzene rings is 2. The molecule has 2 aromatic carbocycles. The van der Waals surface area contributed by atoms with Crippen LogP contribution in [-0.2, 0) is 20.9 Å². The number of carbonyl (C=O) groups is 1. The number of amides is 1. The third kappa shape index (κ3) is 7.81. The summed E-state index contributed by atoms with van der Waals surface area (Å²) in [5.41, 5.74) is 3.28. The number of ether oxygens (including phenoxy) is 2. The van der Waals surface area contributed by atoms with Gasteiger partial charge in [0, 0.05) is 24.2 Å². The van der Waals surface area contributed by atoms with Gasteiger partial charge in [-0.25, -0.2) is 0 Å². The number of halogens is 3. The molecule has 0 aromatic heterocycles. The second-order valence-electron chi connectivity index (χ2n) is 9.49. The van der Waals surface area contributed by atoms with Gasteiger partial charge in [-0.1, -0.05) is 90.5 Å². The Morgan fingerprint density at radius 3 is 2.14 bits per heavy atom. The second kappa shape index (κ2) is 12.9. The van der Waals surface area contributed by atoms with Crippen molar-refractivity contribution < 1.29 is 19.4 Å². The van der Waals surface area contributed by atoms with Gasteiger partial charge in [0.15, 0.2) is 6.29 Å². The normalized spacial score (nSPS) is 24.1. The first-order valence-electron chi connectivity index (χ1n) is 12.5. The van der Waals surface area contributed by atoms with E-state index in [2.05, 4.69) is 10.2 Å². The Hall–Kier alpha value is -1.38. The molecule has 196 valence electrons. The number of anilines is 1. The molecular formula is C27H33Cl3N2O4. The summed E-state index contributed by atoms with van der Waals surface area (Å²) in [5, 5.41) is 12.0. The van der Waals surface area contributed by atoms with Crippen molar-refractivity contribution >= 4 is 46.4 Å². The highest BCUT2D eigenvalue weighted by Gasteiger charge is 2.34. The molecule has 0 radical (unpaired) electrons. The maximum atomic E-state index is 12.0. The number of hydrogen-bond acceptors (Lipinski definition) is 5. The average Bonchev–Trinajstić information content (AvgIpc) is 2.85. The van der Waals surface area contributed by atoms with Crippen molar-refractivity contribution in [1.29, 1.82) is 0 Å². The van der Waals surface area contributed by atoms with Crippen LogP contribution in [0.25, 0.3) is 0 Å². The summed E-state index contributed by atoms with van der Waals surface area (Å²) in [7, 11) is 0. The van der Waals surface area contributed by atoms with E-state index in [1.165, 1.54) is 32.1 Å². The van der Waals surface area contributed by atoms with E-state index in [0.29, 0.717) is 5.69 Å². The standard InChI is InChI=1S/C27H33Cl3N2O4/c28-27(29,30)26(34)31-22-12-10-21(11-13-22)25-35-23(17-32-14-4-2-1-3-5-15-32)16-24(36-25)20-8-6-19(18-33)7-9-20/h6-13,23-25,33H,1-5,14-18H2,(H,31,34)/t23-,24+,25+/m1/s1. The molecule has 2 fully saturated rings. The van der Waals surface area contributed by atoms with Crippen molar-refractivity contribution in [1.82, 2.24) is 4.90 Å². The highest BCUT2D eigenvalue weighted by Crippen LogP contribution is 2.38. The molecular weight excluding hydrogens is 523 g/mol. The Balaban J connectivity index is 1.50. The van der Waals surface area contributed by atoms with E-state index in [1.54, 1.807) is 12.1 Å². The lowest BCUT2D eigenvalue weighted by Gasteiger charge is -2.38. The average molecular weight is 556 g/mol. The molecule has 2 heterocycles. The van der Waals surface area contributed by atoms with E-state index in [0.717, 1.165) is 42.7 Å². The van der Waals surface area contributed by atoms with Crippen LogP contribution in [0.5, 0.6) is 0 Å². The summed E-state index contributed by atoms with van der Waals surface area (Å²) in [5.74, 6) is -0.717. The number of aliphatic hydroxyl groups excluding tert-OH is 1. The summed E-state index contributed by atoms with van der Waals surface area (Å²) >= 11 is 17.0. The molecule has 9 heteroatoms. The molecule has 3 atom stereocenters. The van der Waals surface area contributed by atoms with Crippen LogP contribution in [0.2, 0.25) is 0 Å². The van der Waals surface area contributed by atoms with Crippen LogP contribution in [0.1, 0.15) is 67.6 Å². The zero-order valence-corrected chi connectivity index (χ0v) is 22.4. The van der Waals surface area contributed by atoms with Crippen molar-refractivity contribution in [2.24, 2.45) is 0 Å². The fraction of sp³-hybridized carbons (Fsp3) is 0.519. The van der Waals surface area contributed by atoms with E-state index >= 15 is 0 Å². The summed E-state index contributed by atoms with van der Waals surface area (Å²) in [6.45, 7) is 3.07. The number of likely N-dealkylation sites (tertiary alicyclic amines) is 1. The lowest BCUT2D eigenvalue weighted by Crippen LogP contribution is -2.40. The highest BCUT2D eigenvalue weighted by molar-refractivity contribution is 6.76. The van der Waals surface area contributed by atoms with Crippen LogP contribution in [-0.4, -0.2) is 45.4 Å². The summed E-state index contributed by atoms with van der Waals surface area (Å²) < 4.78 is 10.8. The first-order valence-corrected chi connectivity index (χ1v) is 13.7. The fourth-order valence-corrected chi connectivity index (χ4v) is 4.88. The van der Waals surface area contributed by atoms with Gasteiger partial charge in [-0.3, -0.25) is 4.79 Å². The Kier molecular flexibility index (Phi) is 9.92. The maximum absolute atomic E-state index is 12.0. The number of carbonyl (C=O) groups excluding carboxylic acids is 1. The van der Waals surface area contributed by atoms with Gasteiger partial charge >= 0.3 is 0 Å². The Morgan fingerprint density at radius 2 is 1.53 bits per heavy atom. The maximum Gasteiger partial charge on any atom is 0.276 e. The largest absolute Gasteiger partial charge is 0.392 e. The summed E-state index contributed by atoms with van der Waals surface area (Å²) in [4.78, 5) is 14.5. The Bertz CT molecular complexity index is 974. The molecule has 0 unspecified atom stereocenters. The van der Waals surface area contributed by atoms with Gasteiger partial charge in [0.05, 0.1) is 18.8 Å². The number of hydrogen-bond donors (Lipinski definition) is 2. The Morgan fingerprint density at radius 1 is 0.917 bits per heavy atom. The van der Waals surface area contributed by atoms with Crippen molar-refractivity contribution in [3.05, 3.63) is 65.2 Å². The zero-order chi connectivity index (χ0) is 25.5. The number of nitrogens with one attached hydrogen (secondary N) is 1. The van der Waals surface area contributed by atoms with Gasteiger partial charge in [-0.15, -0.1) is 0 Å². The van der Waals surface area contributed by atoms with Crippen LogP contribution < -0.4 is 5.32 Å². The van der Waals surface area contributed by atoms with Gasteiger partial charge in [0.2, 0.25) is 0 Å². The molecule has 0 spiro atoms. The van der Waals surface area contributed by atoms with Crippen LogP contribution >= 0.6 is 34.8 Å². The molecule has 1 amide bonds. The molecule has 2 saturated heterocycles. The second-order valence-corrected chi connectivity index (χ2v) is 11.8. The molecule has 4 rings (SSSR count). The van der Waals surface area contributed by atoms with Crippen LogP contribution in [0.15, 0.2) is 48.5 Å².